The van der Waals surface area contributed by atoms with Gasteiger partial charge in [-0.2, -0.15) is 8.42 Å². The highest BCUT2D eigenvalue weighted by molar-refractivity contribution is 7.73. The second-order valence-corrected chi connectivity index (χ2v) is 4.12. The molecule has 0 amide bonds. The Morgan fingerprint density at radius 3 is 2.92 bits per heavy atom. The lowest BCUT2D eigenvalue weighted by atomic mass is 9.97. The van der Waals surface area contributed by atoms with E-state index in [0.29, 0.717) is 11.3 Å². The first-order valence-electron chi connectivity index (χ1n) is 4.25. The molecule has 0 aromatic rings. The molecule has 0 saturated heterocycles. The Balaban J connectivity index is 2.35. The molecule has 0 fully saturated rings. The summed E-state index contributed by atoms with van der Waals surface area (Å²) >= 11 is 0. The molecule has 3 nitrogen and oxygen atoms in total. The average molecular weight is 198 g/mol. The van der Waals surface area contributed by atoms with E-state index in [1.54, 1.807) is 12.2 Å². The fourth-order valence-electron chi connectivity index (χ4n) is 1.59. The zero-order valence-corrected chi connectivity index (χ0v) is 7.93. The van der Waals surface area contributed by atoms with Gasteiger partial charge in [0.15, 0.2) is 0 Å². The molecule has 0 saturated carbocycles. The molecule has 4 heteroatoms. The number of hydrogen-bond acceptors (Lipinski definition) is 3. The summed E-state index contributed by atoms with van der Waals surface area (Å²) in [6, 6.07) is 0. The van der Waals surface area contributed by atoms with Gasteiger partial charge in [0.25, 0.3) is 0 Å². The van der Waals surface area contributed by atoms with Crippen LogP contribution in [0.4, 0.5) is 0 Å². The summed E-state index contributed by atoms with van der Waals surface area (Å²) in [6.45, 7) is 0.749. The van der Waals surface area contributed by atoms with Crippen molar-refractivity contribution < 1.29 is 13.2 Å². The minimum atomic E-state index is -2.08. The van der Waals surface area contributed by atoms with E-state index in [0.717, 1.165) is 30.8 Å². The number of allylic oxidation sites excluding steroid dienone is 3. The number of ether oxygens (including phenoxy) is 1. The Kier molecular flexibility index (Phi) is 2.22. The largest absolute Gasteiger partial charge is 0.494 e. The zero-order valence-electron chi connectivity index (χ0n) is 7.12. The van der Waals surface area contributed by atoms with Crippen molar-refractivity contribution in [3.8, 4) is 0 Å². The van der Waals surface area contributed by atoms with Crippen LogP contribution in [0.5, 0.6) is 0 Å². The first kappa shape index (κ1) is 8.56. The van der Waals surface area contributed by atoms with Crippen LogP contribution in [0.1, 0.15) is 19.3 Å². The third kappa shape index (κ3) is 1.67. The molecule has 1 heterocycles. The van der Waals surface area contributed by atoms with Crippen molar-refractivity contribution in [2.45, 2.75) is 19.3 Å². The van der Waals surface area contributed by atoms with Crippen molar-refractivity contribution in [3.05, 3.63) is 23.5 Å². The highest BCUT2D eigenvalue weighted by Gasteiger charge is 2.17. The van der Waals surface area contributed by atoms with Crippen LogP contribution in [0.25, 0.3) is 0 Å². The number of rotatable bonds is 0. The van der Waals surface area contributed by atoms with Gasteiger partial charge in [0.1, 0.15) is 5.76 Å². The van der Waals surface area contributed by atoms with Crippen LogP contribution in [0.15, 0.2) is 23.5 Å². The molecular weight excluding hydrogens is 188 g/mol. The number of hydrogen-bond donors (Lipinski definition) is 0. The fraction of sp³-hybridized carbons (Fsp3) is 0.444. The lowest BCUT2D eigenvalue weighted by Gasteiger charge is -2.21. The molecule has 2 aliphatic rings. The van der Waals surface area contributed by atoms with E-state index in [1.165, 1.54) is 0 Å². The molecule has 0 atom stereocenters. The monoisotopic (exact) mass is 198 g/mol. The normalized spacial score (nSPS) is 21.1. The smallest absolute Gasteiger partial charge is 0.217 e. The second kappa shape index (κ2) is 3.38. The SMILES string of the molecule is O=S(=O)=C1C=CC2=C(CCCO2)C1. The van der Waals surface area contributed by atoms with Crippen LogP contribution in [-0.2, 0) is 15.0 Å². The van der Waals surface area contributed by atoms with Crippen LogP contribution in [-0.4, -0.2) is 19.9 Å². The summed E-state index contributed by atoms with van der Waals surface area (Å²) in [7, 11) is -2.08. The van der Waals surface area contributed by atoms with Crippen molar-refractivity contribution in [1.29, 1.82) is 0 Å². The fourth-order valence-corrected chi connectivity index (χ4v) is 2.06. The molecule has 0 radical (unpaired) electrons. The van der Waals surface area contributed by atoms with E-state index in [4.69, 9.17) is 4.74 Å². The topological polar surface area (TPSA) is 43.4 Å². The van der Waals surface area contributed by atoms with Gasteiger partial charge in [0, 0.05) is 6.42 Å². The zero-order chi connectivity index (χ0) is 9.26. The molecular formula is C9H10O3S. The Morgan fingerprint density at radius 2 is 2.15 bits per heavy atom. The third-order valence-corrected chi connectivity index (χ3v) is 2.96. The van der Waals surface area contributed by atoms with Gasteiger partial charge in [0.2, 0.25) is 10.3 Å². The van der Waals surface area contributed by atoms with Crippen molar-refractivity contribution >= 4 is 15.2 Å². The first-order chi connectivity index (χ1) is 6.27. The van der Waals surface area contributed by atoms with E-state index in [9.17, 15) is 8.42 Å². The first-order valence-corrected chi connectivity index (χ1v) is 5.33. The molecule has 13 heavy (non-hydrogen) atoms. The van der Waals surface area contributed by atoms with Gasteiger partial charge >= 0.3 is 0 Å². The maximum absolute atomic E-state index is 10.7. The summed E-state index contributed by atoms with van der Waals surface area (Å²) < 4.78 is 26.7. The Labute approximate surface area is 78.2 Å². The van der Waals surface area contributed by atoms with Gasteiger partial charge in [-0.3, -0.25) is 0 Å². The highest BCUT2D eigenvalue weighted by Crippen LogP contribution is 2.26. The van der Waals surface area contributed by atoms with Gasteiger partial charge in [-0.25, -0.2) is 0 Å². The van der Waals surface area contributed by atoms with Crippen LogP contribution in [0.2, 0.25) is 0 Å². The summed E-state index contributed by atoms with van der Waals surface area (Å²) in [5.74, 6) is 0.875. The molecule has 0 spiro atoms. The van der Waals surface area contributed by atoms with Gasteiger partial charge in [-0.05, 0) is 30.6 Å². The van der Waals surface area contributed by atoms with Gasteiger partial charge < -0.3 is 4.74 Å². The molecule has 0 unspecified atom stereocenters. The van der Waals surface area contributed by atoms with E-state index < -0.39 is 10.3 Å². The standard InChI is InChI=1S/C9H10O3S/c10-13(11)8-3-4-9-7(6-8)2-1-5-12-9/h3-4H,1-2,5-6H2. The van der Waals surface area contributed by atoms with E-state index >= 15 is 0 Å². The van der Waals surface area contributed by atoms with Crippen molar-refractivity contribution in [1.82, 2.24) is 0 Å². The summed E-state index contributed by atoms with van der Waals surface area (Å²) in [4.78, 5) is 0.462. The summed E-state index contributed by atoms with van der Waals surface area (Å²) in [5, 5.41) is 0. The van der Waals surface area contributed by atoms with Crippen LogP contribution >= 0.6 is 0 Å². The predicted molar refractivity (Wildman–Crippen MR) is 49.9 cm³/mol. The molecule has 0 bridgehead atoms. The van der Waals surface area contributed by atoms with Gasteiger partial charge in [0.05, 0.1) is 11.5 Å². The maximum Gasteiger partial charge on any atom is 0.217 e. The Hall–Kier alpha value is -1.03. The average Bonchev–Trinajstić information content (AvgIpc) is 2.17. The molecule has 70 valence electrons. The highest BCUT2D eigenvalue weighted by atomic mass is 32.2. The molecule has 1 aliphatic carbocycles. The third-order valence-electron chi connectivity index (χ3n) is 2.25. The maximum atomic E-state index is 10.7. The predicted octanol–water partition coefficient (Wildman–Crippen LogP) is 1.06. The minimum Gasteiger partial charge on any atom is -0.494 e. The molecule has 1 aliphatic heterocycles. The van der Waals surface area contributed by atoms with Crippen molar-refractivity contribution in [2.75, 3.05) is 6.61 Å². The van der Waals surface area contributed by atoms with Gasteiger partial charge in [-0.15, -0.1) is 0 Å². The second-order valence-electron chi connectivity index (χ2n) is 3.13. The van der Waals surface area contributed by atoms with E-state index in [-0.39, 0.29) is 0 Å². The lowest BCUT2D eigenvalue weighted by Crippen LogP contribution is -2.12. The Bertz CT molecular complexity index is 404. The molecule has 0 N–H and O–H groups in total. The van der Waals surface area contributed by atoms with Crippen LogP contribution < -0.4 is 0 Å². The van der Waals surface area contributed by atoms with Crippen molar-refractivity contribution in [2.24, 2.45) is 0 Å². The quantitative estimate of drug-likeness (QED) is 0.547. The van der Waals surface area contributed by atoms with Crippen LogP contribution in [0, 0.1) is 0 Å². The summed E-state index contributed by atoms with van der Waals surface area (Å²) in [6.07, 6.45) is 5.85. The van der Waals surface area contributed by atoms with Crippen molar-refractivity contribution in [3.63, 3.8) is 0 Å². The Morgan fingerprint density at radius 1 is 1.31 bits per heavy atom. The molecule has 0 aromatic heterocycles. The van der Waals surface area contributed by atoms with Crippen LogP contribution in [0.3, 0.4) is 0 Å². The summed E-state index contributed by atoms with van der Waals surface area (Å²) in [5.41, 5.74) is 1.12. The van der Waals surface area contributed by atoms with Gasteiger partial charge in [-0.1, -0.05) is 0 Å². The molecule has 0 aromatic carbocycles. The lowest BCUT2D eigenvalue weighted by molar-refractivity contribution is 0.198. The van der Waals surface area contributed by atoms with E-state index in [1.807, 2.05) is 0 Å². The minimum absolute atomic E-state index is 0.462. The molecule has 2 rings (SSSR count). The van der Waals surface area contributed by atoms with E-state index in [2.05, 4.69) is 0 Å².